The maximum Gasteiger partial charge on any atom is 0.283 e. The van der Waals surface area contributed by atoms with Crippen molar-refractivity contribution in [3.05, 3.63) is 59.3 Å². The van der Waals surface area contributed by atoms with Gasteiger partial charge in [-0.15, -0.1) is 0 Å². The monoisotopic (exact) mass is 494 g/mol. The average Bonchev–Trinajstić information content (AvgIpc) is 3.21. The first-order chi connectivity index (χ1) is 16.9. The third-order valence-corrected chi connectivity index (χ3v) is 6.33. The maximum atomic E-state index is 15.7. The molecule has 0 saturated heterocycles. The molecule has 3 heterocycles. The van der Waals surface area contributed by atoms with Gasteiger partial charge in [-0.25, -0.2) is 13.2 Å². The van der Waals surface area contributed by atoms with Crippen LogP contribution in [0.4, 0.5) is 17.6 Å². The summed E-state index contributed by atoms with van der Waals surface area (Å²) in [6.07, 6.45) is 2.27. The van der Waals surface area contributed by atoms with Gasteiger partial charge < -0.3 is 20.1 Å². The molecule has 35 heavy (non-hydrogen) atoms. The third-order valence-electron chi connectivity index (χ3n) is 6.33. The first kappa shape index (κ1) is 25.4. The van der Waals surface area contributed by atoms with Crippen molar-refractivity contribution in [2.24, 2.45) is 0 Å². The van der Waals surface area contributed by atoms with E-state index in [0.29, 0.717) is 31.6 Å². The molecular weight excluding hydrogens is 464 g/mol. The molecule has 2 aromatic heterocycles. The Morgan fingerprint density at radius 2 is 2.06 bits per heavy atom. The summed E-state index contributed by atoms with van der Waals surface area (Å²) < 4.78 is 62.3. The molecule has 0 bridgehead atoms. The molecule has 0 radical (unpaired) electrons. The summed E-state index contributed by atoms with van der Waals surface area (Å²) in [7, 11) is 0. The smallest absolute Gasteiger partial charge is 0.283 e. The van der Waals surface area contributed by atoms with Crippen LogP contribution in [-0.2, 0) is 6.42 Å². The standard InChI is InChI=1S/C25H30F4N4O2/c1-16-13-18-17-5-2-3-6-19(17)32-22(18)24(33(16)14-25(28,29)15-34)23-21(27)20(7-10-31-23)35-12-11-30-9-4-8-26/h2-3,5-7,10,16,24,30,32,34H,4,8-9,11-15H2,1H3/t16-,24?/m1/s1. The Morgan fingerprint density at radius 3 is 2.83 bits per heavy atom. The Labute approximate surface area is 201 Å². The van der Waals surface area contributed by atoms with Crippen molar-refractivity contribution in [2.75, 3.05) is 39.5 Å². The van der Waals surface area contributed by atoms with E-state index in [2.05, 4.69) is 15.3 Å². The molecule has 6 nitrogen and oxygen atoms in total. The fourth-order valence-electron chi connectivity index (χ4n) is 4.66. The van der Waals surface area contributed by atoms with Crippen LogP contribution < -0.4 is 10.1 Å². The van der Waals surface area contributed by atoms with Crippen molar-refractivity contribution in [1.29, 1.82) is 0 Å². The number of ether oxygens (including phenoxy) is 1. The zero-order chi connectivity index (χ0) is 25.0. The Kier molecular flexibility index (Phi) is 7.93. The highest BCUT2D eigenvalue weighted by Crippen LogP contribution is 2.42. The van der Waals surface area contributed by atoms with Crippen molar-refractivity contribution < 1.29 is 27.4 Å². The second kappa shape index (κ2) is 10.9. The molecule has 1 aliphatic heterocycles. The van der Waals surface area contributed by atoms with Gasteiger partial charge in [-0.1, -0.05) is 18.2 Å². The predicted octanol–water partition coefficient (Wildman–Crippen LogP) is 3.99. The van der Waals surface area contributed by atoms with E-state index in [9.17, 15) is 18.3 Å². The van der Waals surface area contributed by atoms with Gasteiger partial charge in [0.15, 0.2) is 11.6 Å². The van der Waals surface area contributed by atoms with E-state index in [1.807, 2.05) is 31.2 Å². The molecule has 10 heteroatoms. The Morgan fingerprint density at radius 1 is 1.26 bits per heavy atom. The van der Waals surface area contributed by atoms with Crippen LogP contribution in [0, 0.1) is 5.82 Å². The lowest BCUT2D eigenvalue weighted by Gasteiger charge is -2.41. The molecule has 190 valence electrons. The lowest BCUT2D eigenvalue weighted by molar-refractivity contribution is -0.0870. The highest BCUT2D eigenvalue weighted by atomic mass is 19.3. The minimum Gasteiger partial charge on any atom is -0.489 e. The first-order valence-electron chi connectivity index (χ1n) is 11.7. The highest BCUT2D eigenvalue weighted by molar-refractivity contribution is 5.85. The van der Waals surface area contributed by atoms with Crippen molar-refractivity contribution in [3.8, 4) is 5.75 Å². The van der Waals surface area contributed by atoms with Crippen molar-refractivity contribution in [2.45, 2.75) is 37.8 Å². The van der Waals surface area contributed by atoms with Crippen molar-refractivity contribution >= 4 is 10.9 Å². The Bertz CT molecular complexity index is 1140. The zero-order valence-corrected chi connectivity index (χ0v) is 19.5. The molecule has 0 spiro atoms. The van der Waals surface area contributed by atoms with E-state index in [1.165, 1.54) is 17.2 Å². The van der Waals surface area contributed by atoms with Gasteiger partial charge in [-0.05, 0) is 37.9 Å². The van der Waals surface area contributed by atoms with Crippen LogP contribution >= 0.6 is 0 Å². The number of benzene rings is 1. The van der Waals surface area contributed by atoms with Crippen LogP contribution in [-0.4, -0.2) is 71.5 Å². The topological polar surface area (TPSA) is 73.4 Å². The fourth-order valence-corrected chi connectivity index (χ4v) is 4.66. The number of hydrogen-bond donors (Lipinski definition) is 3. The predicted molar refractivity (Wildman–Crippen MR) is 125 cm³/mol. The largest absolute Gasteiger partial charge is 0.489 e. The molecule has 3 N–H and O–H groups in total. The molecule has 0 aliphatic carbocycles. The molecule has 4 rings (SSSR count). The number of aromatic nitrogens is 2. The van der Waals surface area contributed by atoms with E-state index in [1.54, 1.807) is 0 Å². The molecule has 1 aliphatic rings. The number of para-hydroxylation sites is 1. The van der Waals surface area contributed by atoms with Crippen LogP contribution in [0.3, 0.4) is 0 Å². The van der Waals surface area contributed by atoms with E-state index >= 15 is 4.39 Å². The lowest BCUT2D eigenvalue weighted by Crippen LogP contribution is -2.49. The van der Waals surface area contributed by atoms with Gasteiger partial charge in [-0.2, -0.15) is 0 Å². The summed E-state index contributed by atoms with van der Waals surface area (Å²) in [6, 6.07) is 7.71. The molecule has 0 amide bonds. The van der Waals surface area contributed by atoms with Crippen LogP contribution in [0.25, 0.3) is 10.9 Å². The quantitative estimate of drug-likeness (QED) is 0.278. The van der Waals surface area contributed by atoms with E-state index in [4.69, 9.17) is 4.74 Å². The molecule has 2 atom stereocenters. The van der Waals surface area contributed by atoms with E-state index in [0.717, 1.165) is 16.5 Å². The van der Waals surface area contributed by atoms with Crippen molar-refractivity contribution in [1.82, 2.24) is 20.2 Å². The van der Waals surface area contributed by atoms with Gasteiger partial charge in [0.25, 0.3) is 5.92 Å². The zero-order valence-electron chi connectivity index (χ0n) is 19.5. The normalized spacial score (nSPS) is 18.7. The molecule has 1 unspecified atom stereocenters. The van der Waals surface area contributed by atoms with Crippen LogP contribution in [0.5, 0.6) is 5.75 Å². The number of nitrogens with one attached hydrogen (secondary N) is 2. The number of H-pyrrole nitrogens is 1. The Hall–Kier alpha value is -2.69. The minimum absolute atomic E-state index is 0.0269. The van der Waals surface area contributed by atoms with E-state index < -0.39 is 37.6 Å². The third kappa shape index (κ3) is 5.44. The van der Waals surface area contributed by atoms with Gasteiger partial charge in [-0.3, -0.25) is 14.3 Å². The van der Waals surface area contributed by atoms with Gasteiger partial charge in [0.1, 0.15) is 18.9 Å². The van der Waals surface area contributed by atoms with Crippen molar-refractivity contribution in [3.63, 3.8) is 0 Å². The summed E-state index contributed by atoms with van der Waals surface area (Å²) in [4.78, 5) is 9.05. The number of nitrogens with zero attached hydrogens (tertiary/aromatic N) is 2. The number of fused-ring (bicyclic) bond motifs is 3. The summed E-state index contributed by atoms with van der Waals surface area (Å²) in [5, 5.41) is 13.2. The average molecular weight is 495 g/mol. The summed E-state index contributed by atoms with van der Waals surface area (Å²) >= 11 is 0. The molecule has 3 aromatic rings. The SMILES string of the molecule is C[C@@H]1Cc2c([nH]c3ccccc23)C(c2nccc(OCCNCCCF)c2F)N1CC(F)(F)CO. The lowest BCUT2D eigenvalue weighted by atomic mass is 9.90. The highest BCUT2D eigenvalue weighted by Gasteiger charge is 2.43. The van der Waals surface area contributed by atoms with Crippen LogP contribution in [0.2, 0.25) is 0 Å². The number of halogens is 4. The molecule has 0 fully saturated rings. The number of alkyl halides is 3. The molecule has 0 saturated carbocycles. The number of aromatic amines is 1. The number of hydrogen-bond acceptors (Lipinski definition) is 5. The van der Waals surface area contributed by atoms with Gasteiger partial charge in [0, 0.05) is 41.4 Å². The molecular formula is C25H30F4N4O2. The summed E-state index contributed by atoms with van der Waals surface area (Å²) in [6.45, 7) is 0.368. The summed E-state index contributed by atoms with van der Waals surface area (Å²) in [5.74, 6) is -4.13. The number of rotatable bonds is 11. The second-order valence-corrected chi connectivity index (χ2v) is 8.85. The van der Waals surface area contributed by atoms with Gasteiger partial charge in [0.2, 0.25) is 0 Å². The van der Waals surface area contributed by atoms with Crippen LogP contribution in [0.1, 0.15) is 36.3 Å². The Balaban J connectivity index is 1.70. The number of aliphatic hydroxyl groups excluding tert-OH is 1. The fraction of sp³-hybridized carbons (Fsp3) is 0.480. The first-order valence-corrected chi connectivity index (χ1v) is 11.7. The minimum atomic E-state index is -3.37. The number of pyridine rings is 1. The molecule has 1 aromatic carbocycles. The summed E-state index contributed by atoms with van der Waals surface area (Å²) in [5.41, 5.74) is 2.35. The van der Waals surface area contributed by atoms with Gasteiger partial charge >= 0.3 is 0 Å². The van der Waals surface area contributed by atoms with Crippen LogP contribution in [0.15, 0.2) is 36.5 Å². The number of aliphatic hydroxyl groups is 1. The van der Waals surface area contributed by atoms with E-state index in [-0.39, 0.29) is 24.1 Å². The second-order valence-electron chi connectivity index (χ2n) is 8.85. The maximum absolute atomic E-state index is 15.7. The van der Waals surface area contributed by atoms with Gasteiger partial charge in [0.05, 0.1) is 19.3 Å².